The maximum atomic E-state index is 12.7. The topological polar surface area (TPSA) is 72.9 Å². The minimum Gasteiger partial charge on any atom is -0.379 e. The molecule has 1 saturated carbocycles. The fourth-order valence-corrected chi connectivity index (χ4v) is 3.89. The van der Waals surface area contributed by atoms with Gasteiger partial charge in [-0.15, -0.1) is 0 Å². The van der Waals surface area contributed by atoms with Crippen LogP contribution in [0.3, 0.4) is 0 Å². The summed E-state index contributed by atoms with van der Waals surface area (Å²) in [7, 11) is 0. The van der Waals surface area contributed by atoms with Crippen LogP contribution < -0.4 is 5.32 Å². The van der Waals surface area contributed by atoms with Gasteiger partial charge in [0.05, 0.1) is 0 Å². The standard InChI is InChI=1S/C17H29N3O3/c1-13(21)18-15-5-9-19(10-6-15)12-17(23)7-2-8-20(16(17)22)11-14-3-4-14/h14-15,23H,2-12H2,1H3,(H,18,21). The molecule has 2 heterocycles. The van der Waals surface area contributed by atoms with Gasteiger partial charge in [0.2, 0.25) is 5.91 Å². The number of hydrogen-bond donors (Lipinski definition) is 2. The van der Waals surface area contributed by atoms with Gasteiger partial charge in [0.15, 0.2) is 5.60 Å². The minimum absolute atomic E-state index is 0.0141. The SMILES string of the molecule is CC(=O)NC1CCN(CC2(O)CCCN(CC3CC3)C2=O)CC1. The van der Waals surface area contributed by atoms with Crippen LogP contribution in [-0.2, 0) is 9.59 Å². The first-order valence-corrected chi connectivity index (χ1v) is 8.97. The summed E-state index contributed by atoms with van der Waals surface area (Å²) in [6.07, 6.45) is 5.67. The Bertz CT molecular complexity index is 458. The van der Waals surface area contributed by atoms with E-state index in [1.165, 1.54) is 12.8 Å². The molecule has 3 fully saturated rings. The molecule has 6 nitrogen and oxygen atoms in total. The summed E-state index contributed by atoms with van der Waals surface area (Å²) < 4.78 is 0. The van der Waals surface area contributed by atoms with Crippen molar-refractivity contribution in [3.63, 3.8) is 0 Å². The molecule has 0 spiro atoms. The van der Waals surface area contributed by atoms with Crippen molar-refractivity contribution in [2.75, 3.05) is 32.7 Å². The molecule has 0 aromatic rings. The maximum absolute atomic E-state index is 12.7. The highest BCUT2D eigenvalue weighted by molar-refractivity contribution is 5.86. The lowest BCUT2D eigenvalue weighted by Gasteiger charge is -2.42. The lowest BCUT2D eigenvalue weighted by Crippen LogP contribution is -2.60. The molecule has 2 amide bonds. The van der Waals surface area contributed by atoms with Crippen molar-refractivity contribution in [3.05, 3.63) is 0 Å². The molecule has 3 rings (SSSR count). The van der Waals surface area contributed by atoms with Crippen LogP contribution in [0.15, 0.2) is 0 Å². The fourth-order valence-electron chi connectivity index (χ4n) is 3.89. The normalized spacial score (nSPS) is 30.5. The summed E-state index contributed by atoms with van der Waals surface area (Å²) in [4.78, 5) is 27.9. The lowest BCUT2D eigenvalue weighted by molar-refractivity contribution is -0.160. The van der Waals surface area contributed by atoms with Crippen molar-refractivity contribution >= 4 is 11.8 Å². The molecule has 0 radical (unpaired) electrons. The number of rotatable bonds is 5. The first-order chi connectivity index (χ1) is 11.0. The molecular weight excluding hydrogens is 294 g/mol. The monoisotopic (exact) mass is 323 g/mol. The minimum atomic E-state index is -1.21. The number of nitrogens with zero attached hydrogens (tertiary/aromatic N) is 2. The van der Waals surface area contributed by atoms with E-state index >= 15 is 0 Å². The Labute approximate surface area is 138 Å². The van der Waals surface area contributed by atoms with Crippen LogP contribution in [0.2, 0.25) is 0 Å². The summed E-state index contributed by atoms with van der Waals surface area (Å²) in [6.45, 7) is 5.24. The summed E-state index contributed by atoms with van der Waals surface area (Å²) in [6, 6.07) is 0.229. The van der Waals surface area contributed by atoms with Gasteiger partial charge in [-0.1, -0.05) is 0 Å². The second-order valence-electron chi connectivity index (χ2n) is 7.58. The average Bonchev–Trinajstić information content (AvgIpc) is 3.30. The number of aliphatic hydroxyl groups is 1. The van der Waals surface area contributed by atoms with Crippen molar-refractivity contribution in [2.24, 2.45) is 5.92 Å². The van der Waals surface area contributed by atoms with Crippen LogP contribution in [0.25, 0.3) is 0 Å². The Morgan fingerprint density at radius 3 is 2.57 bits per heavy atom. The third-order valence-electron chi connectivity index (χ3n) is 5.36. The van der Waals surface area contributed by atoms with E-state index in [2.05, 4.69) is 10.2 Å². The van der Waals surface area contributed by atoms with Crippen LogP contribution in [0, 0.1) is 5.92 Å². The molecule has 2 saturated heterocycles. The van der Waals surface area contributed by atoms with Gasteiger partial charge >= 0.3 is 0 Å². The van der Waals surface area contributed by atoms with Gasteiger partial charge < -0.3 is 15.3 Å². The Morgan fingerprint density at radius 1 is 1.26 bits per heavy atom. The summed E-state index contributed by atoms with van der Waals surface area (Å²) in [5.41, 5.74) is -1.21. The molecule has 0 bridgehead atoms. The molecule has 1 aliphatic carbocycles. The Hall–Kier alpha value is -1.14. The molecule has 0 aromatic carbocycles. The van der Waals surface area contributed by atoms with Crippen molar-refractivity contribution in [1.82, 2.24) is 15.1 Å². The quantitative estimate of drug-likeness (QED) is 0.766. The van der Waals surface area contributed by atoms with Gasteiger partial charge in [-0.2, -0.15) is 0 Å². The number of piperidine rings is 2. The van der Waals surface area contributed by atoms with Gasteiger partial charge in [0, 0.05) is 45.7 Å². The van der Waals surface area contributed by atoms with Gasteiger partial charge in [-0.3, -0.25) is 14.5 Å². The molecule has 1 atom stereocenters. The van der Waals surface area contributed by atoms with E-state index in [0.29, 0.717) is 18.9 Å². The van der Waals surface area contributed by atoms with Gasteiger partial charge in [-0.05, 0) is 44.4 Å². The fraction of sp³-hybridized carbons (Fsp3) is 0.882. The zero-order valence-corrected chi connectivity index (χ0v) is 14.1. The van der Waals surface area contributed by atoms with Crippen molar-refractivity contribution in [1.29, 1.82) is 0 Å². The molecule has 3 aliphatic rings. The smallest absolute Gasteiger partial charge is 0.255 e. The van der Waals surface area contributed by atoms with E-state index in [4.69, 9.17) is 0 Å². The zero-order chi connectivity index (χ0) is 16.4. The van der Waals surface area contributed by atoms with Crippen LogP contribution in [-0.4, -0.2) is 71.1 Å². The first-order valence-electron chi connectivity index (χ1n) is 8.97. The Morgan fingerprint density at radius 2 is 1.96 bits per heavy atom. The highest BCUT2D eigenvalue weighted by Gasteiger charge is 2.44. The number of nitrogens with one attached hydrogen (secondary N) is 1. The predicted octanol–water partition coefficient (Wildman–Crippen LogP) is 0.350. The van der Waals surface area contributed by atoms with E-state index in [1.54, 1.807) is 6.92 Å². The van der Waals surface area contributed by atoms with E-state index in [9.17, 15) is 14.7 Å². The highest BCUT2D eigenvalue weighted by atomic mass is 16.3. The Kier molecular flexibility index (Phi) is 4.92. The van der Waals surface area contributed by atoms with Crippen LogP contribution in [0.4, 0.5) is 0 Å². The van der Waals surface area contributed by atoms with Gasteiger partial charge in [0.25, 0.3) is 5.91 Å². The number of carbonyl (C=O) groups is 2. The highest BCUT2D eigenvalue weighted by Crippen LogP contribution is 2.33. The van der Waals surface area contributed by atoms with Gasteiger partial charge in [0.1, 0.15) is 0 Å². The number of β-amino-alcohol motifs (C(OH)–C–C–N with tert-alkyl or cyclic N) is 1. The van der Waals surface area contributed by atoms with E-state index < -0.39 is 5.60 Å². The summed E-state index contributed by atoms with van der Waals surface area (Å²) in [5, 5.41) is 13.9. The molecule has 0 aromatic heterocycles. The van der Waals surface area contributed by atoms with E-state index in [-0.39, 0.29) is 17.9 Å². The molecule has 1 unspecified atom stereocenters. The number of amides is 2. The van der Waals surface area contributed by atoms with Crippen molar-refractivity contribution in [2.45, 2.75) is 57.1 Å². The molecule has 130 valence electrons. The van der Waals surface area contributed by atoms with E-state index in [0.717, 1.165) is 45.4 Å². The van der Waals surface area contributed by atoms with Gasteiger partial charge in [-0.25, -0.2) is 0 Å². The molecule has 23 heavy (non-hydrogen) atoms. The third-order valence-corrected chi connectivity index (χ3v) is 5.36. The van der Waals surface area contributed by atoms with Crippen LogP contribution >= 0.6 is 0 Å². The molecule has 2 aliphatic heterocycles. The predicted molar refractivity (Wildman–Crippen MR) is 86.8 cm³/mol. The average molecular weight is 323 g/mol. The zero-order valence-electron chi connectivity index (χ0n) is 14.1. The third kappa shape index (κ3) is 4.23. The summed E-state index contributed by atoms with van der Waals surface area (Å²) in [5.74, 6) is 0.606. The number of hydrogen-bond acceptors (Lipinski definition) is 4. The van der Waals surface area contributed by atoms with Crippen LogP contribution in [0.5, 0.6) is 0 Å². The van der Waals surface area contributed by atoms with Crippen molar-refractivity contribution < 1.29 is 14.7 Å². The second-order valence-corrected chi connectivity index (χ2v) is 7.58. The largest absolute Gasteiger partial charge is 0.379 e. The number of carbonyl (C=O) groups excluding carboxylic acids is 2. The maximum Gasteiger partial charge on any atom is 0.255 e. The second kappa shape index (κ2) is 6.77. The molecular formula is C17H29N3O3. The van der Waals surface area contributed by atoms with Crippen molar-refractivity contribution in [3.8, 4) is 0 Å². The van der Waals surface area contributed by atoms with E-state index in [1.807, 2.05) is 4.90 Å². The summed E-state index contributed by atoms with van der Waals surface area (Å²) >= 11 is 0. The molecule has 2 N–H and O–H groups in total. The van der Waals surface area contributed by atoms with Crippen LogP contribution in [0.1, 0.15) is 45.4 Å². The molecule has 6 heteroatoms. The number of likely N-dealkylation sites (tertiary alicyclic amines) is 2. The lowest BCUT2D eigenvalue weighted by atomic mass is 9.90. The first kappa shape index (κ1) is 16.7. The Balaban J connectivity index is 1.51.